The summed E-state index contributed by atoms with van der Waals surface area (Å²) in [6.45, 7) is 1.73. The quantitative estimate of drug-likeness (QED) is 0.638. The Morgan fingerprint density at radius 1 is 1.18 bits per heavy atom. The molecular formula is C13H12FIN2. The monoisotopic (exact) mass is 342 g/mol. The van der Waals surface area contributed by atoms with Crippen molar-refractivity contribution in [2.75, 3.05) is 11.1 Å². The molecule has 0 unspecified atom stereocenters. The van der Waals surface area contributed by atoms with Crippen LogP contribution >= 0.6 is 22.6 Å². The zero-order chi connectivity index (χ0) is 12.4. The first-order valence-electron chi connectivity index (χ1n) is 5.14. The van der Waals surface area contributed by atoms with Crippen molar-refractivity contribution in [2.24, 2.45) is 0 Å². The first kappa shape index (κ1) is 12.2. The highest BCUT2D eigenvalue weighted by molar-refractivity contribution is 14.1. The van der Waals surface area contributed by atoms with Crippen LogP contribution in [0.15, 0.2) is 36.4 Å². The Morgan fingerprint density at radius 2 is 1.94 bits per heavy atom. The molecule has 3 N–H and O–H groups in total. The Labute approximate surface area is 113 Å². The molecule has 0 atom stereocenters. The van der Waals surface area contributed by atoms with Gasteiger partial charge in [0.2, 0.25) is 0 Å². The minimum atomic E-state index is -0.223. The van der Waals surface area contributed by atoms with Crippen LogP contribution in [0.5, 0.6) is 0 Å². The number of halogens is 2. The molecule has 0 saturated heterocycles. The third-order valence-corrected chi connectivity index (χ3v) is 3.14. The second kappa shape index (κ2) is 4.91. The standard InChI is InChI=1S/C13H12FIN2/c1-8-2-4-10(7-11(8)14)17-13-5-3-9(15)6-12(13)16/h2-7,17H,16H2,1H3. The number of anilines is 3. The summed E-state index contributed by atoms with van der Waals surface area (Å²) in [5, 5.41) is 3.10. The topological polar surface area (TPSA) is 38.0 Å². The number of rotatable bonds is 2. The minimum Gasteiger partial charge on any atom is -0.397 e. The number of nitrogen functional groups attached to an aromatic ring is 1. The van der Waals surface area contributed by atoms with E-state index in [1.54, 1.807) is 13.0 Å². The molecule has 0 amide bonds. The first-order valence-corrected chi connectivity index (χ1v) is 6.22. The Kier molecular flexibility index (Phi) is 3.51. The molecule has 0 heterocycles. The van der Waals surface area contributed by atoms with Gasteiger partial charge in [-0.25, -0.2) is 4.39 Å². The van der Waals surface area contributed by atoms with Crippen molar-refractivity contribution in [3.8, 4) is 0 Å². The number of hydrogen-bond acceptors (Lipinski definition) is 2. The maximum Gasteiger partial charge on any atom is 0.128 e. The molecule has 0 aliphatic heterocycles. The molecule has 0 aromatic heterocycles. The summed E-state index contributed by atoms with van der Waals surface area (Å²) in [5.74, 6) is -0.223. The van der Waals surface area contributed by atoms with Crippen LogP contribution in [0.2, 0.25) is 0 Å². The summed E-state index contributed by atoms with van der Waals surface area (Å²) in [7, 11) is 0. The summed E-state index contributed by atoms with van der Waals surface area (Å²) >= 11 is 2.20. The van der Waals surface area contributed by atoms with Gasteiger partial charge in [0, 0.05) is 9.26 Å². The zero-order valence-corrected chi connectivity index (χ0v) is 11.5. The Balaban J connectivity index is 2.28. The van der Waals surface area contributed by atoms with Crippen molar-refractivity contribution in [3.05, 3.63) is 51.3 Å². The lowest BCUT2D eigenvalue weighted by Crippen LogP contribution is -1.97. The van der Waals surface area contributed by atoms with Crippen molar-refractivity contribution < 1.29 is 4.39 Å². The van der Waals surface area contributed by atoms with Crippen molar-refractivity contribution in [1.82, 2.24) is 0 Å². The van der Waals surface area contributed by atoms with E-state index in [-0.39, 0.29) is 5.82 Å². The van der Waals surface area contributed by atoms with Crippen molar-refractivity contribution in [2.45, 2.75) is 6.92 Å². The van der Waals surface area contributed by atoms with E-state index in [0.717, 1.165) is 9.26 Å². The highest BCUT2D eigenvalue weighted by Crippen LogP contribution is 2.25. The van der Waals surface area contributed by atoms with Gasteiger partial charge in [-0.05, 0) is 65.4 Å². The fourth-order valence-corrected chi connectivity index (χ4v) is 1.99. The average Bonchev–Trinajstić information content (AvgIpc) is 2.27. The predicted molar refractivity (Wildman–Crippen MR) is 78.0 cm³/mol. The molecular weight excluding hydrogens is 330 g/mol. The molecule has 2 nitrogen and oxygen atoms in total. The van der Waals surface area contributed by atoms with E-state index in [9.17, 15) is 4.39 Å². The summed E-state index contributed by atoms with van der Waals surface area (Å²) in [6, 6.07) is 10.7. The number of nitrogens with two attached hydrogens (primary N) is 1. The maximum absolute atomic E-state index is 13.4. The van der Waals surface area contributed by atoms with Crippen molar-refractivity contribution in [3.63, 3.8) is 0 Å². The van der Waals surface area contributed by atoms with Crippen LogP contribution in [0, 0.1) is 16.3 Å². The molecule has 0 aliphatic rings. The van der Waals surface area contributed by atoms with E-state index < -0.39 is 0 Å². The normalized spacial score (nSPS) is 10.3. The van der Waals surface area contributed by atoms with Gasteiger partial charge in [-0.2, -0.15) is 0 Å². The first-order chi connectivity index (χ1) is 8.06. The van der Waals surface area contributed by atoms with Crippen LogP contribution in [0.4, 0.5) is 21.5 Å². The van der Waals surface area contributed by atoms with E-state index in [1.807, 2.05) is 24.3 Å². The van der Waals surface area contributed by atoms with Gasteiger partial charge < -0.3 is 11.1 Å². The molecule has 2 aromatic rings. The van der Waals surface area contributed by atoms with E-state index in [2.05, 4.69) is 27.9 Å². The Bertz CT molecular complexity index is 555. The van der Waals surface area contributed by atoms with Crippen molar-refractivity contribution in [1.29, 1.82) is 0 Å². The van der Waals surface area contributed by atoms with Crippen LogP contribution in [-0.2, 0) is 0 Å². The summed E-state index contributed by atoms with van der Waals surface area (Å²) in [5.41, 5.74) is 8.64. The lowest BCUT2D eigenvalue weighted by molar-refractivity contribution is 0.619. The highest BCUT2D eigenvalue weighted by Gasteiger charge is 2.02. The second-order valence-electron chi connectivity index (χ2n) is 3.82. The van der Waals surface area contributed by atoms with Crippen LogP contribution < -0.4 is 11.1 Å². The maximum atomic E-state index is 13.4. The molecule has 0 bridgehead atoms. The molecule has 0 fully saturated rings. The smallest absolute Gasteiger partial charge is 0.128 e. The molecule has 0 aliphatic carbocycles. The molecule has 0 saturated carbocycles. The van der Waals surface area contributed by atoms with Gasteiger partial charge in [-0.1, -0.05) is 6.07 Å². The van der Waals surface area contributed by atoms with Gasteiger partial charge in [0.25, 0.3) is 0 Å². The predicted octanol–water partition coefficient (Wildman–Crippen LogP) is 4.06. The molecule has 2 aromatic carbocycles. The zero-order valence-electron chi connectivity index (χ0n) is 9.30. The average molecular weight is 342 g/mol. The SMILES string of the molecule is Cc1ccc(Nc2ccc(I)cc2N)cc1F. The van der Waals surface area contributed by atoms with E-state index in [0.29, 0.717) is 16.9 Å². The fourth-order valence-electron chi connectivity index (χ4n) is 1.47. The van der Waals surface area contributed by atoms with Crippen LogP contribution in [-0.4, -0.2) is 0 Å². The Hall–Kier alpha value is -1.30. The minimum absolute atomic E-state index is 0.223. The molecule has 17 heavy (non-hydrogen) atoms. The number of aryl methyl sites for hydroxylation is 1. The van der Waals surface area contributed by atoms with E-state index >= 15 is 0 Å². The van der Waals surface area contributed by atoms with Gasteiger partial charge in [-0.15, -0.1) is 0 Å². The Morgan fingerprint density at radius 3 is 2.59 bits per heavy atom. The second-order valence-corrected chi connectivity index (χ2v) is 5.07. The lowest BCUT2D eigenvalue weighted by Gasteiger charge is -2.10. The van der Waals surface area contributed by atoms with E-state index in [1.165, 1.54) is 6.07 Å². The molecule has 0 radical (unpaired) electrons. The summed E-state index contributed by atoms with van der Waals surface area (Å²) in [4.78, 5) is 0. The third kappa shape index (κ3) is 2.88. The van der Waals surface area contributed by atoms with Gasteiger partial charge in [0.15, 0.2) is 0 Å². The van der Waals surface area contributed by atoms with Gasteiger partial charge in [-0.3, -0.25) is 0 Å². The van der Waals surface area contributed by atoms with Crippen molar-refractivity contribution >= 4 is 39.7 Å². The summed E-state index contributed by atoms with van der Waals surface area (Å²) < 4.78 is 14.4. The number of benzene rings is 2. The molecule has 2 rings (SSSR count). The fraction of sp³-hybridized carbons (Fsp3) is 0.0769. The van der Waals surface area contributed by atoms with E-state index in [4.69, 9.17) is 5.73 Å². The van der Waals surface area contributed by atoms with Gasteiger partial charge in [0.05, 0.1) is 11.4 Å². The third-order valence-electron chi connectivity index (χ3n) is 2.46. The molecule has 4 heteroatoms. The van der Waals surface area contributed by atoms with Crippen LogP contribution in [0.3, 0.4) is 0 Å². The largest absolute Gasteiger partial charge is 0.397 e. The lowest BCUT2D eigenvalue weighted by atomic mass is 10.2. The van der Waals surface area contributed by atoms with Gasteiger partial charge in [0.1, 0.15) is 5.82 Å². The van der Waals surface area contributed by atoms with Crippen LogP contribution in [0.1, 0.15) is 5.56 Å². The number of nitrogens with one attached hydrogen (secondary N) is 1. The van der Waals surface area contributed by atoms with Crippen LogP contribution in [0.25, 0.3) is 0 Å². The molecule has 0 spiro atoms. The number of hydrogen-bond donors (Lipinski definition) is 2. The molecule has 88 valence electrons. The summed E-state index contributed by atoms with van der Waals surface area (Å²) in [6.07, 6.45) is 0. The van der Waals surface area contributed by atoms with Gasteiger partial charge >= 0.3 is 0 Å². The highest BCUT2D eigenvalue weighted by atomic mass is 127.